The van der Waals surface area contributed by atoms with Crippen molar-refractivity contribution in [3.05, 3.63) is 46.7 Å². The number of primary amides is 1. The summed E-state index contributed by atoms with van der Waals surface area (Å²) < 4.78 is 0. The van der Waals surface area contributed by atoms with E-state index in [1.807, 2.05) is 6.92 Å². The highest BCUT2D eigenvalue weighted by Gasteiger charge is 2.29. The number of unbranched alkanes of at least 4 members (excludes halogenated alkanes) is 2. The van der Waals surface area contributed by atoms with Crippen LogP contribution in [0.1, 0.15) is 125 Å². The zero-order chi connectivity index (χ0) is 31.0. The number of nitrogens with two attached hydrogens (primary N) is 4. The van der Waals surface area contributed by atoms with Crippen LogP contribution >= 0.6 is 34.0 Å². The Morgan fingerprint density at radius 1 is 0.738 bits per heavy atom. The molecule has 0 aliphatic rings. The van der Waals surface area contributed by atoms with Gasteiger partial charge >= 0.3 is 0 Å². The largest absolute Gasteiger partial charge is 0.365 e. The number of nitrogens with zero attached hydrogens (tertiary/aromatic N) is 3. The van der Waals surface area contributed by atoms with Gasteiger partial charge in [-0.15, -0.1) is 34.0 Å². The summed E-state index contributed by atoms with van der Waals surface area (Å²) in [7, 11) is 0. The highest BCUT2D eigenvalue weighted by Crippen LogP contribution is 2.30. The van der Waals surface area contributed by atoms with Crippen molar-refractivity contribution in [1.29, 1.82) is 0 Å². The van der Waals surface area contributed by atoms with Crippen molar-refractivity contribution in [3.63, 3.8) is 0 Å². The molecule has 3 aromatic heterocycles. The fraction of sp³-hybridized carbons (Fsp3) is 0.556. The SMILES string of the molecule is Cc1nc([C@H](C)NC(=O)c2sc(CCCCN)nc2[C@H](C)NC(=O)c2sc(C)nc2[C@@H](N)CCCCN)c(C(N)=O)s1. The lowest BCUT2D eigenvalue weighted by Gasteiger charge is -2.16. The number of rotatable bonds is 16. The van der Waals surface area contributed by atoms with E-state index in [9.17, 15) is 14.4 Å². The molecule has 3 rings (SSSR count). The molecular formula is C27H41N9O3S3. The smallest absolute Gasteiger partial charge is 0.263 e. The molecule has 0 unspecified atom stereocenters. The summed E-state index contributed by atoms with van der Waals surface area (Å²) in [5, 5.41) is 8.13. The topological polar surface area (TPSA) is 218 Å². The van der Waals surface area contributed by atoms with Crippen molar-refractivity contribution in [2.45, 2.75) is 84.3 Å². The van der Waals surface area contributed by atoms with Gasteiger partial charge in [0.1, 0.15) is 14.6 Å². The summed E-state index contributed by atoms with van der Waals surface area (Å²) in [4.78, 5) is 53.8. The Hall–Kier alpha value is -2.82. The maximum atomic E-state index is 13.6. The van der Waals surface area contributed by atoms with Gasteiger partial charge in [0.25, 0.3) is 17.7 Å². The number of carbonyl (C=O) groups is 3. The number of amides is 3. The Balaban J connectivity index is 1.84. The van der Waals surface area contributed by atoms with Crippen LogP contribution in [0.2, 0.25) is 0 Å². The van der Waals surface area contributed by atoms with Crippen LogP contribution in [0.15, 0.2) is 0 Å². The molecule has 3 heterocycles. The lowest BCUT2D eigenvalue weighted by molar-refractivity contribution is 0.0922. The number of hydrogen-bond acceptors (Lipinski definition) is 12. The van der Waals surface area contributed by atoms with Gasteiger partial charge in [-0.3, -0.25) is 14.4 Å². The minimum atomic E-state index is -0.592. The molecule has 15 heteroatoms. The van der Waals surface area contributed by atoms with Gasteiger partial charge in [0.05, 0.1) is 44.2 Å². The number of aromatic nitrogens is 3. The number of hydrogen-bond donors (Lipinski definition) is 6. The zero-order valence-corrected chi connectivity index (χ0v) is 26.9. The molecule has 0 fully saturated rings. The van der Waals surface area contributed by atoms with Crippen molar-refractivity contribution in [3.8, 4) is 0 Å². The summed E-state index contributed by atoms with van der Waals surface area (Å²) in [6.07, 6.45) is 4.68. The molecule has 0 bridgehead atoms. The molecule has 10 N–H and O–H groups in total. The second-order valence-corrected chi connectivity index (χ2v) is 13.6. The Kier molecular flexibility index (Phi) is 12.5. The van der Waals surface area contributed by atoms with Crippen molar-refractivity contribution in [2.75, 3.05) is 13.1 Å². The fourth-order valence-electron chi connectivity index (χ4n) is 4.44. The van der Waals surface area contributed by atoms with E-state index in [0.29, 0.717) is 62.7 Å². The van der Waals surface area contributed by atoms with Crippen LogP contribution in [0.4, 0.5) is 0 Å². The summed E-state index contributed by atoms with van der Waals surface area (Å²) in [5.74, 6) is -1.29. The molecule has 0 aliphatic carbocycles. The van der Waals surface area contributed by atoms with E-state index in [1.54, 1.807) is 20.8 Å². The molecule has 0 aromatic carbocycles. The van der Waals surface area contributed by atoms with E-state index in [0.717, 1.165) is 35.7 Å². The first-order valence-electron chi connectivity index (χ1n) is 14.0. The highest BCUT2D eigenvalue weighted by atomic mass is 32.1. The van der Waals surface area contributed by atoms with Crippen LogP contribution in [0.3, 0.4) is 0 Å². The lowest BCUT2D eigenvalue weighted by atomic mass is 10.1. The predicted molar refractivity (Wildman–Crippen MR) is 168 cm³/mol. The summed E-state index contributed by atoms with van der Waals surface area (Å²) in [5.41, 5.74) is 24.7. The van der Waals surface area contributed by atoms with Gasteiger partial charge in [-0.1, -0.05) is 6.42 Å². The summed E-state index contributed by atoms with van der Waals surface area (Å²) >= 11 is 3.76. The van der Waals surface area contributed by atoms with E-state index in [4.69, 9.17) is 27.9 Å². The number of nitrogens with one attached hydrogen (secondary N) is 2. The monoisotopic (exact) mass is 635 g/mol. The summed E-state index contributed by atoms with van der Waals surface area (Å²) in [6, 6.07) is -1.54. The average molecular weight is 636 g/mol. The van der Waals surface area contributed by atoms with Gasteiger partial charge in [0, 0.05) is 6.04 Å². The lowest BCUT2D eigenvalue weighted by Crippen LogP contribution is -2.31. The Bertz CT molecular complexity index is 1380. The molecule has 0 saturated heterocycles. The predicted octanol–water partition coefficient (Wildman–Crippen LogP) is 3.16. The van der Waals surface area contributed by atoms with Crippen molar-refractivity contribution in [1.82, 2.24) is 25.6 Å². The number of carbonyl (C=O) groups excluding carboxylic acids is 3. The molecular weight excluding hydrogens is 595 g/mol. The fourth-order valence-corrected chi connectivity index (χ4v) is 7.30. The minimum absolute atomic E-state index is 0.310. The Morgan fingerprint density at radius 3 is 1.81 bits per heavy atom. The normalized spacial score (nSPS) is 13.5. The van der Waals surface area contributed by atoms with Crippen LogP contribution < -0.4 is 33.6 Å². The molecule has 0 aliphatic heterocycles. The van der Waals surface area contributed by atoms with Crippen LogP contribution in [0, 0.1) is 13.8 Å². The van der Waals surface area contributed by atoms with Gasteiger partial charge in [0.2, 0.25) is 0 Å². The maximum absolute atomic E-state index is 13.6. The first-order valence-corrected chi connectivity index (χ1v) is 16.4. The third kappa shape index (κ3) is 8.61. The number of thiazole rings is 3. The van der Waals surface area contributed by atoms with Gasteiger partial charge < -0.3 is 33.6 Å². The molecule has 0 saturated carbocycles. The van der Waals surface area contributed by atoms with Crippen molar-refractivity contribution < 1.29 is 14.4 Å². The van der Waals surface area contributed by atoms with Gasteiger partial charge in [-0.05, 0) is 72.9 Å². The molecule has 12 nitrogen and oxygen atoms in total. The Morgan fingerprint density at radius 2 is 1.24 bits per heavy atom. The van der Waals surface area contributed by atoms with E-state index in [1.165, 1.54) is 34.0 Å². The first-order chi connectivity index (χ1) is 20.0. The second-order valence-electron chi connectivity index (χ2n) is 10.1. The molecule has 0 radical (unpaired) electrons. The van der Waals surface area contributed by atoms with Crippen LogP contribution in [-0.2, 0) is 6.42 Å². The minimum Gasteiger partial charge on any atom is -0.365 e. The van der Waals surface area contributed by atoms with Crippen molar-refractivity contribution in [2.24, 2.45) is 22.9 Å². The van der Waals surface area contributed by atoms with Gasteiger partial charge in [-0.25, -0.2) is 15.0 Å². The van der Waals surface area contributed by atoms with Gasteiger partial charge in [0.15, 0.2) is 0 Å². The Labute approximate surface area is 258 Å². The molecule has 3 atom stereocenters. The number of aryl methyl sites for hydroxylation is 3. The van der Waals surface area contributed by atoms with E-state index >= 15 is 0 Å². The quantitative estimate of drug-likeness (QED) is 0.127. The van der Waals surface area contributed by atoms with Crippen LogP contribution in [0.5, 0.6) is 0 Å². The molecule has 3 aromatic rings. The molecule has 230 valence electrons. The second kappa shape index (κ2) is 15.6. The average Bonchev–Trinajstić information content (AvgIpc) is 3.65. The molecule has 42 heavy (non-hydrogen) atoms. The summed E-state index contributed by atoms with van der Waals surface area (Å²) in [6.45, 7) is 8.30. The van der Waals surface area contributed by atoms with Crippen LogP contribution in [0.25, 0.3) is 0 Å². The van der Waals surface area contributed by atoms with E-state index in [2.05, 4.69) is 20.6 Å². The first kappa shape index (κ1) is 33.7. The molecule has 0 spiro atoms. The van der Waals surface area contributed by atoms with Crippen molar-refractivity contribution >= 4 is 51.7 Å². The standard InChI is InChI=1S/C27H41N9O3S3/c1-13(19-22(25(31)37)40-15(3)34-19)32-26(38)23-20(36-18(42-23)10-6-8-12-29)14(2)33-27(39)24-21(35-16(4)41-24)17(30)9-5-7-11-28/h13-14,17H,5-12,28-30H2,1-4H3,(H2,31,37)(H,32,38)(H,33,39)/t13-,14-,17-/m0/s1. The molecule has 3 amide bonds. The van der Waals surface area contributed by atoms with E-state index in [-0.39, 0.29) is 17.9 Å². The maximum Gasteiger partial charge on any atom is 0.263 e. The highest BCUT2D eigenvalue weighted by molar-refractivity contribution is 7.14. The zero-order valence-electron chi connectivity index (χ0n) is 24.5. The van der Waals surface area contributed by atoms with Crippen LogP contribution in [-0.4, -0.2) is 45.8 Å². The van der Waals surface area contributed by atoms with E-state index < -0.39 is 18.0 Å². The third-order valence-corrected chi connectivity index (χ3v) is 9.65. The van der Waals surface area contributed by atoms with Gasteiger partial charge in [-0.2, -0.15) is 0 Å². The third-order valence-electron chi connectivity index (χ3n) is 6.54.